The van der Waals surface area contributed by atoms with Crippen LogP contribution in [0.1, 0.15) is 24.0 Å². The standard InChI is InChI=1S/C24H29N5/c1-25-24(27-16-21-11-5-10-20-12-6-14-26-23(20)21)28-17-22-13-7-15-29(22)18-19-8-3-2-4-9-19/h2-6,8-12,14,22H,7,13,15-18H2,1H3,(H2,25,27,28). The van der Waals surface area contributed by atoms with E-state index in [9.17, 15) is 0 Å². The Morgan fingerprint density at radius 3 is 2.79 bits per heavy atom. The SMILES string of the molecule is CN=C(NCc1cccc2cccnc12)NCC1CCCN1Cc1ccccc1. The lowest BCUT2D eigenvalue weighted by Crippen LogP contribution is -2.44. The highest BCUT2D eigenvalue weighted by atomic mass is 15.2. The van der Waals surface area contributed by atoms with E-state index in [2.05, 4.69) is 80.1 Å². The van der Waals surface area contributed by atoms with Crippen molar-refractivity contribution in [3.63, 3.8) is 0 Å². The van der Waals surface area contributed by atoms with Crippen LogP contribution in [0.15, 0.2) is 71.9 Å². The smallest absolute Gasteiger partial charge is 0.191 e. The molecule has 4 rings (SSSR count). The predicted octanol–water partition coefficient (Wildman–Crippen LogP) is 3.56. The molecule has 0 aliphatic carbocycles. The molecule has 2 aromatic carbocycles. The Kier molecular flexibility index (Phi) is 6.37. The van der Waals surface area contributed by atoms with Gasteiger partial charge in [0.05, 0.1) is 5.52 Å². The molecule has 29 heavy (non-hydrogen) atoms. The Hall–Kier alpha value is -2.92. The molecule has 0 radical (unpaired) electrons. The summed E-state index contributed by atoms with van der Waals surface area (Å²) in [5, 5.41) is 8.13. The number of hydrogen-bond acceptors (Lipinski definition) is 3. The number of para-hydroxylation sites is 1. The zero-order valence-corrected chi connectivity index (χ0v) is 17.0. The van der Waals surface area contributed by atoms with Gasteiger partial charge in [-0.3, -0.25) is 14.9 Å². The largest absolute Gasteiger partial charge is 0.355 e. The molecule has 0 bridgehead atoms. The van der Waals surface area contributed by atoms with Crippen molar-refractivity contribution in [2.24, 2.45) is 4.99 Å². The molecule has 1 aliphatic heterocycles. The Bertz CT molecular complexity index is 948. The van der Waals surface area contributed by atoms with E-state index in [1.165, 1.54) is 24.0 Å². The molecule has 1 saturated heterocycles. The fourth-order valence-electron chi connectivity index (χ4n) is 4.08. The average Bonchev–Trinajstić information content (AvgIpc) is 3.21. The van der Waals surface area contributed by atoms with Crippen LogP contribution < -0.4 is 10.6 Å². The van der Waals surface area contributed by atoms with Crippen LogP contribution in [0.25, 0.3) is 10.9 Å². The second kappa shape index (κ2) is 9.52. The van der Waals surface area contributed by atoms with Crippen LogP contribution in [0, 0.1) is 0 Å². The maximum atomic E-state index is 4.54. The summed E-state index contributed by atoms with van der Waals surface area (Å²) < 4.78 is 0. The third kappa shape index (κ3) is 4.93. The fourth-order valence-corrected chi connectivity index (χ4v) is 4.08. The van der Waals surface area contributed by atoms with E-state index in [1.807, 2.05) is 19.3 Å². The van der Waals surface area contributed by atoms with Gasteiger partial charge in [0, 0.05) is 44.3 Å². The maximum Gasteiger partial charge on any atom is 0.191 e. The molecule has 150 valence electrons. The Labute approximate surface area is 172 Å². The molecule has 1 unspecified atom stereocenters. The minimum Gasteiger partial charge on any atom is -0.355 e. The first kappa shape index (κ1) is 19.4. The monoisotopic (exact) mass is 387 g/mol. The average molecular weight is 388 g/mol. The number of aliphatic imine (C=N–C) groups is 1. The first-order chi connectivity index (χ1) is 14.3. The van der Waals surface area contributed by atoms with Gasteiger partial charge >= 0.3 is 0 Å². The number of aromatic nitrogens is 1. The highest BCUT2D eigenvalue weighted by Gasteiger charge is 2.24. The van der Waals surface area contributed by atoms with Gasteiger partial charge in [0.15, 0.2) is 5.96 Å². The molecule has 1 aromatic heterocycles. The Balaban J connectivity index is 1.32. The molecule has 0 amide bonds. The van der Waals surface area contributed by atoms with Crippen molar-refractivity contribution in [2.45, 2.75) is 32.0 Å². The number of likely N-dealkylation sites (tertiary alicyclic amines) is 1. The summed E-state index contributed by atoms with van der Waals surface area (Å²) in [7, 11) is 1.83. The lowest BCUT2D eigenvalue weighted by molar-refractivity contribution is 0.245. The van der Waals surface area contributed by atoms with Gasteiger partial charge in [-0.2, -0.15) is 0 Å². The normalized spacial score (nSPS) is 17.6. The quantitative estimate of drug-likeness (QED) is 0.502. The van der Waals surface area contributed by atoms with Crippen LogP contribution in [0.4, 0.5) is 0 Å². The van der Waals surface area contributed by atoms with Gasteiger partial charge in [0.1, 0.15) is 0 Å². The van der Waals surface area contributed by atoms with Crippen LogP contribution in [0.3, 0.4) is 0 Å². The molecule has 1 fully saturated rings. The third-order valence-corrected chi connectivity index (χ3v) is 5.62. The molecule has 2 N–H and O–H groups in total. The number of hydrogen-bond donors (Lipinski definition) is 2. The van der Waals surface area contributed by atoms with Crippen molar-refractivity contribution in [3.05, 3.63) is 78.0 Å². The molecule has 5 nitrogen and oxygen atoms in total. The molecule has 0 saturated carbocycles. The van der Waals surface area contributed by atoms with E-state index in [1.54, 1.807) is 0 Å². The van der Waals surface area contributed by atoms with Crippen LogP contribution in [0.5, 0.6) is 0 Å². The van der Waals surface area contributed by atoms with Gasteiger partial charge in [0.25, 0.3) is 0 Å². The van der Waals surface area contributed by atoms with Crippen LogP contribution >= 0.6 is 0 Å². The molecule has 2 heterocycles. The molecule has 5 heteroatoms. The minimum absolute atomic E-state index is 0.535. The van der Waals surface area contributed by atoms with Gasteiger partial charge in [-0.1, -0.05) is 54.6 Å². The second-order valence-corrected chi connectivity index (χ2v) is 7.55. The lowest BCUT2D eigenvalue weighted by Gasteiger charge is -2.25. The van der Waals surface area contributed by atoms with Gasteiger partial charge < -0.3 is 10.6 Å². The van der Waals surface area contributed by atoms with E-state index < -0.39 is 0 Å². The fraction of sp³-hybridized carbons (Fsp3) is 0.333. The van der Waals surface area contributed by atoms with E-state index in [0.29, 0.717) is 12.6 Å². The summed E-state index contributed by atoms with van der Waals surface area (Å²) in [5.41, 5.74) is 3.60. The first-order valence-corrected chi connectivity index (χ1v) is 10.4. The van der Waals surface area contributed by atoms with Crippen LogP contribution in [0.2, 0.25) is 0 Å². The molecular weight excluding hydrogens is 358 g/mol. The number of rotatable bonds is 6. The van der Waals surface area contributed by atoms with Crippen molar-refractivity contribution >= 4 is 16.9 Å². The topological polar surface area (TPSA) is 52.6 Å². The maximum absolute atomic E-state index is 4.54. The number of pyridine rings is 1. The summed E-state index contributed by atoms with van der Waals surface area (Å²) >= 11 is 0. The molecule has 1 aliphatic rings. The van der Waals surface area contributed by atoms with E-state index in [4.69, 9.17) is 0 Å². The van der Waals surface area contributed by atoms with Gasteiger partial charge in [-0.15, -0.1) is 0 Å². The summed E-state index contributed by atoms with van der Waals surface area (Å²) in [6.07, 6.45) is 4.33. The Morgan fingerprint density at radius 1 is 1.07 bits per heavy atom. The van der Waals surface area contributed by atoms with E-state index in [0.717, 1.165) is 36.5 Å². The number of guanidine groups is 1. The molecule has 0 spiro atoms. The van der Waals surface area contributed by atoms with Gasteiger partial charge in [-0.05, 0) is 36.6 Å². The highest BCUT2D eigenvalue weighted by Crippen LogP contribution is 2.19. The summed E-state index contributed by atoms with van der Waals surface area (Å²) in [4.78, 5) is 11.5. The molecular formula is C24H29N5. The van der Waals surface area contributed by atoms with E-state index in [-0.39, 0.29) is 0 Å². The van der Waals surface area contributed by atoms with Crippen molar-refractivity contribution in [1.29, 1.82) is 0 Å². The number of fused-ring (bicyclic) bond motifs is 1. The highest BCUT2D eigenvalue weighted by molar-refractivity contribution is 5.83. The van der Waals surface area contributed by atoms with Gasteiger partial charge in [0.2, 0.25) is 0 Å². The van der Waals surface area contributed by atoms with Crippen LogP contribution in [-0.4, -0.2) is 42.0 Å². The third-order valence-electron chi connectivity index (χ3n) is 5.62. The number of benzene rings is 2. The molecule has 3 aromatic rings. The summed E-state index contributed by atoms with van der Waals surface area (Å²) in [6.45, 7) is 3.78. The van der Waals surface area contributed by atoms with Crippen molar-refractivity contribution in [1.82, 2.24) is 20.5 Å². The van der Waals surface area contributed by atoms with Crippen molar-refractivity contribution in [3.8, 4) is 0 Å². The van der Waals surface area contributed by atoms with Gasteiger partial charge in [-0.25, -0.2) is 0 Å². The first-order valence-electron chi connectivity index (χ1n) is 10.4. The Morgan fingerprint density at radius 2 is 1.93 bits per heavy atom. The lowest BCUT2D eigenvalue weighted by atomic mass is 10.1. The van der Waals surface area contributed by atoms with Crippen molar-refractivity contribution in [2.75, 3.05) is 20.1 Å². The summed E-state index contributed by atoms with van der Waals surface area (Å²) in [6, 6.07) is 21.6. The number of nitrogens with one attached hydrogen (secondary N) is 2. The summed E-state index contributed by atoms with van der Waals surface area (Å²) in [5.74, 6) is 0.837. The number of nitrogens with zero attached hydrogens (tertiary/aromatic N) is 3. The predicted molar refractivity (Wildman–Crippen MR) is 120 cm³/mol. The van der Waals surface area contributed by atoms with Crippen LogP contribution in [-0.2, 0) is 13.1 Å². The minimum atomic E-state index is 0.535. The zero-order valence-electron chi connectivity index (χ0n) is 17.0. The second-order valence-electron chi connectivity index (χ2n) is 7.55. The molecule has 1 atom stereocenters. The van der Waals surface area contributed by atoms with Crippen molar-refractivity contribution < 1.29 is 0 Å². The van der Waals surface area contributed by atoms with E-state index >= 15 is 0 Å². The zero-order chi connectivity index (χ0) is 19.9.